The van der Waals surface area contributed by atoms with Crippen molar-refractivity contribution < 1.29 is 19.0 Å². The molecule has 244 valence electrons. The van der Waals surface area contributed by atoms with Gasteiger partial charge in [-0.25, -0.2) is 4.39 Å². The number of nitrogens with one attached hydrogen (secondary N) is 1. The molecule has 2 N–H and O–H groups in total. The summed E-state index contributed by atoms with van der Waals surface area (Å²) in [5, 5.41) is 16.6. The number of aromatic hydroxyl groups is 1. The van der Waals surface area contributed by atoms with Crippen molar-refractivity contribution in [3.05, 3.63) is 53.3 Å². The first-order chi connectivity index (χ1) is 22.3. The van der Waals surface area contributed by atoms with Gasteiger partial charge >= 0.3 is 6.01 Å². The number of benzene rings is 3. The molecule has 2 bridgehead atoms. The molecule has 0 amide bonds. The molecule has 3 aromatic carbocycles. The topological polar surface area (TPSA) is 83.0 Å². The molecule has 10 heteroatoms. The first-order valence-corrected chi connectivity index (χ1v) is 17.1. The van der Waals surface area contributed by atoms with Crippen LogP contribution in [0.5, 0.6) is 11.8 Å². The number of halogens is 2. The summed E-state index contributed by atoms with van der Waals surface area (Å²) >= 11 is 6.90. The van der Waals surface area contributed by atoms with Gasteiger partial charge in [0.25, 0.3) is 0 Å². The van der Waals surface area contributed by atoms with E-state index in [1.165, 1.54) is 0 Å². The first-order valence-electron chi connectivity index (χ1n) is 16.7. The van der Waals surface area contributed by atoms with Crippen molar-refractivity contribution >= 4 is 39.1 Å². The predicted molar refractivity (Wildman–Crippen MR) is 182 cm³/mol. The van der Waals surface area contributed by atoms with Crippen molar-refractivity contribution in [1.82, 2.24) is 20.2 Å². The highest BCUT2D eigenvalue weighted by Crippen LogP contribution is 2.43. The smallest absolute Gasteiger partial charge is 0.319 e. The third kappa shape index (κ3) is 6.22. The Hall–Kier alpha value is -3.24. The largest absolute Gasteiger partial charge is 0.508 e. The van der Waals surface area contributed by atoms with Crippen LogP contribution in [-0.2, 0) is 4.74 Å². The summed E-state index contributed by atoms with van der Waals surface area (Å²) < 4.78 is 29.3. The van der Waals surface area contributed by atoms with E-state index in [1.807, 2.05) is 24.3 Å². The van der Waals surface area contributed by atoms with Crippen molar-refractivity contribution in [3.63, 3.8) is 0 Å². The Bertz CT molecular complexity index is 1720. The molecule has 46 heavy (non-hydrogen) atoms. The minimum absolute atomic E-state index is 0.0396. The lowest BCUT2D eigenvalue weighted by Gasteiger charge is -2.38. The maximum atomic E-state index is 16.9. The standard InChI is InChI=1S/C36H43ClFN5O3/c1-4-26-18-42(19-27(5-2)46-26)15-21(3)20-45-36-40-34-30(35(41-36)43-16-23-10-11-24(17-43)39-23)14-31(37)32(33(34)38)29-13-25(44)12-22-8-6-7-9-28(22)29/h6-9,12-14,21,23-24,26-27,39,44H,4-5,10-11,15-20H2,1-3H3/t21-,23?,24?,26-,27+/m1/s1. The molecule has 3 aliphatic heterocycles. The highest BCUT2D eigenvalue weighted by Gasteiger charge is 2.34. The van der Waals surface area contributed by atoms with Gasteiger partial charge in [0.1, 0.15) is 17.1 Å². The van der Waals surface area contributed by atoms with E-state index in [0.29, 0.717) is 35.5 Å². The van der Waals surface area contributed by atoms with Gasteiger partial charge in [-0.3, -0.25) is 4.90 Å². The number of hydrogen-bond acceptors (Lipinski definition) is 8. The van der Waals surface area contributed by atoms with Crippen LogP contribution >= 0.6 is 11.6 Å². The predicted octanol–water partition coefficient (Wildman–Crippen LogP) is 6.79. The molecule has 3 aliphatic rings. The van der Waals surface area contributed by atoms with E-state index in [9.17, 15) is 5.11 Å². The van der Waals surface area contributed by atoms with Gasteiger partial charge in [-0.1, -0.05) is 56.6 Å². The van der Waals surface area contributed by atoms with Gasteiger partial charge in [-0.05, 0) is 60.2 Å². The zero-order valence-corrected chi connectivity index (χ0v) is 27.6. The van der Waals surface area contributed by atoms with Gasteiger partial charge in [0, 0.05) is 61.7 Å². The Morgan fingerprint density at radius 2 is 1.74 bits per heavy atom. The van der Waals surface area contributed by atoms with Gasteiger partial charge in [0.15, 0.2) is 5.82 Å². The monoisotopic (exact) mass is 647 g/mol. The van der Waals surface area contributed by atoms with Gasteiger partial charge in [-0.15, -0.1) is 0 Å². The second kappa shape index (κ2) is 13.1. The van der Waals surface area contributed by atoms with E-state index in [1.54, 1.807) is 18.2 Å². The minimum Gasteiger partial charge on any atom is -0.508 e. The number of rotatable bonds is 9. The number of ether oxygens (including phenoxy) is 2. The summed E-state index contributed by atoms with van der Waals surface area (Å²) in [5.74, 6) is 0.333. The van der Waals surface area contributed by atoms with E-state index in [-0.39, 0.29) is 46.0 Å². The summed E-state index contributed by atoms with van der Waals surface area (Å²) in [5.41, 5.74) is 0.877. The number of hydrogen-bond donors (Lipinski definition) is 2. The first kappa shape index (κ1) is 31.4. The van der Waals surface area contributed by atoms with Crippen molar-refractivity contribution in [3.8, 4) is 22.9 Å². The van der Waals surface area contributed by atoms with Crippen LogP contribution in [0.4, 0.5) is 10.2 Å². The molecule has 8 nitrogen and oxygen atoms in total. The molecule has 4 heterocycles. The highest BCUT2D eigenvalue weighted by atomic mass is 35.5. The molecule has 3 saturated heterocycles. The highest BCUT2D eigenvalue weighted by molar-refractivity contribution is 6.35. The second-order valence-corrected chi connectivity index (χ2v) is 13.8. The van der Waals surface area contributed by atoms with Crippen LogP contribution in [0.25, 0.3) is 32.8 Å². The third-order valence-corrected chi connectivity index (χ3v) is 10.1. The second-order valence-electron chi connectivity index (χ2n) is 13.4. The molecule has 0 saturated carbocycles. The zero-order chi connectivity index (χ0) is 31.9. The fraction of sp³-hybridized carbons (Fsp3) is 0.500. The lowest BCUT2D eigenvalue weighted by Crippen LogP contribution is -2.51. The van der Waals surface area contributed by atoms with Crippen LogP contribution in [0.15, 0.2) is 42.5 Å². The summed E-state index contributed by atoms with van der Waals surface area (Å²) in [6.45, 7) is 11.2. The molecular formula is C36H43ClFN5O3. The molecule has 1 aromatic heterocycles. The molecule has 2 unspecified atom stereocenters. The van der Waals surface area contributed by atoms with Crippen LogP contribution in [0.1, 0.15) is 46.5 Å². The number of morpholine rings is 1. The number of anilines is 1. The molecule has 7 rings (SSSR count). The van der Waals surface area contributed by atoms with E-state index in [4.69, 9.17) is 26.1 Å². The Balaban J connectivity index is 1.24. The normalized spacial score (nSPS) is 24.2. The lowest BCUT2D eigenvalue weighted by atomic mass is 9.96. The van der Waals surface area contributed by atoms with Crippen LogP contribution in [0.3, 0.4) is 0 Å². The number of phenols is 1. The molecule has 0 radical (unpaired) electrons. The minimum atomic E-state index is -0.553. The van der Waals surface area contributed by atoms with Crippen molar-refractivity contribution in [2.24, 2.45) is 5.92 Å². The average molecular weight is 648 g/mol. The van der Waals surface area contributed by atoms with Gasteiger partial charge in [-0.2, -0.15) is 9.97 Å². The summed E-state index contributed by atoms with van der Waals surface area (Å²) in [4.78, 5) is 14.3. The number of piperazine rings is 1. The van der Waals surface area contributed by atoms with E-state index >= 15 is 4.39 Å². The van der Waals surface area contributed by atoms with Crippen molar-refractivity contribution in [2.45, 2.75) is 70.7 Å². The Morgan fingerprint density at radius 1 is 1.02 bits per heavy atom. The number of aromatic nitrogens is 2. The molecule has 3 fully saturated rings. The number of nitrogens with zero attached hydrogens (tertiary/aromatic N) is 4. The number of phenolic OH excluding ortho intramolecular Hbond substituents is 1. The Kier molecular flexibility index (Phi) is 8.94. The maximum absolute atomic E-state index is 16.9. The van der Waals surface area contributed by atoms with Gasteiger partial charge in [0.05, 0.1) is 23.8 Å². The summed E-state index contributed by atoms with van der Waals surface area (Å²) in [7, 11) is 0. The van der Waals surface area contributed by atoms with Gasteiger partial charge < -0.3 is 24.8 Å². The summed E-state index contributed by atoms with van der Waals surface area (Å²) in [6.07, 6.45) is 4.70. The Morgan fingerprint density at radius 3 is 2.46 bits per heavy atom. The lowest BCUT2D eigenvalue weighted by molar-refractivity contribution is -0.0904. The van der Waals surface area contributed by atoms with Crippen molar-refractivity contribution in [2.75, 3.05) is 44.2 Å². The summed E-state index contributed by atoms with van der Waals surface area (Å²) in [6, 6.07) is 13.4. The maximum Gasteiger partial charge on any atom is 0.319 e. The third-order valence-electron chi connectivity index (χ3n) is 9.76. The quantitative estimate of drug-likeness (QED) is 0.205. The molecular weight excluding hydrogens is 605 g/mol. The van der Waals surface area contributed by atoms with Crippen LogP contribution in [0, 0.1) is 11.7 Å². The molecule has 0 spiro atoms. The van der Waals surface area contributed by atoms with Crippen molar-refractivity contribution in [1.29, 1.82) is 0 Å². The van der Waals surface area contributed by atoms with Gasteiger partial charge in [0.2, 0.25) is 0 Å². The average Bonchev–Trinajstić information content (AvgIpc) is 3.40. The molecule has 5 atom stereocenters. The molecule has 0 aliphatic carbocycles. The zero-order valence-electron chi connectivity index (χ0n) is 26.8. The van der Waals surface area contributed by atoms with E-state index < -0.39 is 5.82 Å². The SMILES string of the molecule is CC[C@@H]1CN(C[C@@H](C)COc2nc(N3CC4CCC(C3)N4)c3cc(Cl)c(-c4cc(O)cc5ccccc45)c(F)c3n2)C[C@H](CC)O1. The van der Waals surface area contributed by atoms with Crippen LogP contribution in [0.2, 0.25) is 5.02 Å². The van der Waals surface area contributed by atoms with Crippen LogP contribution in [-0.4, -0.2) is 83.6 Å². The fourth-order valence-electron chi connectivity index (χ4n) is 7.50. The van der Waals surface area contributed by atoms with Crippen LogP contribution < -0.4 is 15.0 Å². The van der Waals surface area contributed by atoms with E-state index in [2.05, 4.69) is 40.9 Å². The number of fused-ring (bicyclic) bond motifs is 4. The van der Waals surface area contributed by atoms with E-state index in [0.717, 1.165) is 69.2 Å². The molecule has 4 aromatic rings. The fourth-order valence-corrected chi connectivity index (χ4v) is 7.80. The Labute approximate surface area is 274 Å².